The van der Waals surface area contributed by atoms with Crippen LogP contribution < -0.4 is 4.90 Å². The lowest BCUT2D eigenvalue weighted by Crippen LogP contribution is -2.38. The van der Waals surface area contributed by atoms with Crippen LogP contribution in [0.1, 0.15) is 23.2 Å². The van der Waals surface area contributed by atoms with Gasteiger partial charge in [-0.3, -0.25) is 10.1 Å². The van der Waals surface area contributed by atoms with Crippen LogP contribution in [0, 0.1) is 10.1 Å². The molecule has 0 spiro atoms. The molecule has 102 valence electrons. The summed E-state index contributed by atoms with van der Waals surface area (Å²) in [6.45, 7) is 0.852. The largest absolute Gasteiger partial charge is 0.478 e. The summed E-state index contributed by atoms with van der Waals surface area (Å²) in [6, 6.07) is 3.70. The molecule has 1 aromatic rings. The zero-order valence-electron chi connectivity index (χ0n) is 10.2. The second kappa shape index (κ2) is 5.23. The summed E-state index contributed by atoms with van der Waals surface area (Å²) in [5, 5.41) is 29.6. The van der Waals surface area contributed by atoms with E-state index in [0.717, 1.165) is 6.42 Å². The minimum atomic E-state index is -1.13. The molecule has 1 atom stereocenters. The first-order valence-electron chi connectivity index (χ1n) is 5.94. The van der Waals surface area contributed by atoms with Gasteiger partial charge in [-0.05, 0) is 25.0 Å². The van der Waals surface area contributed by atoms with Gasteiger partial charge in [0.25, 0.3) is 5.69 Å². The van der Waals surface area contributed by atoms with Crippen molar-refractivity contribution in [3.05, 3.63) is 33.9 Å². The van der Waals surface area contributed by atoms with Crippen molar-refractivity contribution in [3.63, 3.8) is 0 Å². The maximum absolute atomic E-state index is 11.0. The first-order chi connectivity index (χ1) is 8.99. The first kappa shape index (κ1) is 13.3. The molecule has 0 radical (unpaired) electrons. The Balaban J connectivity index is 2.42. The molecule has 1 aliphatic rings. The number of carbonyl (C=O) groups is 1. The van der Waals surface area contributed by atoms with Crippen molar-refractivity contribution in [1.82, 2.24) is 0 Å². The molecule has 2 N–H and O–H groups in total. The van der Waals surface area contributed by atoms with Crippen molar-refractivity contribution >= 4 is 17.3 Å². The predicted molar refractivity (Wildman–Crippen MR) is 67.5 cm³/mol. The average Bonchev–Trinajstić information content (AvgIpc) is 2.37. The van der Waals surface area contributed by atoms with Crippen LogP contribution >= 0.6 is 0 Å². The maximum Gasteiger partial charge on any atom is 0.335 e. The summed E-state index contributed by atoms with van der Waals surface area (Å²) in [5.41, 5.74) is 0.114. The predicted octanol–water partition coefficient (Wildman–Crippen LogP) is 1.25. The Morgan fingerprint density at radius 3 is 2.79 bits per heavy atom. The number of carboxylic acids is 1. The van der Waals surface area contributed by atoms with E-state index in [9.17, 15) is 20.0 Å². The van der Waals surface area contributed by atoms with Crippen LogP contribution in [0.4, 0.5) is 11.4 Å². The summed E-state index contributed by atoms with van der Waals surface area (Å²) in [6.07, 6.45) is 0.834. The van der Waals surface area contributed by atoms with E-state index in [4.69, 9.17) is 5.11 Å². The summed E-state index contributed by atoms with van der Waals surface area (Å²) >= 11 is 0. The fourth-order valence-corrected chi connectivity index (χ4v) is 2.24. The Morgan fingerprint density at radius 2 is 2.21 bits per heavy atom. The summed E-state index contributed by atoms with van der Waals surface area (Å²) in [5.74, 6) is -1.13. The van der Waals surface area contributed by atoms with Gasteiger partial charge in [-0.25, -0.2) is 4.79 Å². The van der Waals surface area contributed by atoms with Crippen molar-refractivity contribution in [2.24, 2.45) is 0 Å². The number of β-amino-alcohol motifs (C(OH)–C–C–N with tert-alkyl or cyclic N) is 1. The zero-order valence-corrected chi connectivity index (χ0v) is 10.2. The molecule has 1 saturated heterocycles. The Kier molecular flexibility index (Phi) is 3.66. The second-order valence-electron chi connectivity index (χ2n) is 4.51. The molecular formula is C12H14N2O5. The summed E-state index contributed by atoms with van der Waals surface area (Å²) in [4.78, 5) is 23.1. The first-order valence-corrected chi connectivity index (χ1v) is 5.94. The van der Waals surface area contributed by atoms with Gasteiger partial charge in [-0.1, -0.05) is 0 Å². The fourth-order valence-electron chi connectivity index (χ4n) is 2.24. The highest BCUT2D eigenvalue weighted by atomic mass is 16.6. The molecule has 7 nitrogen and oxygen atoms in total. The van der Waals surface area contributed by atoms with Crippen LogP contribution in [-0.4, -0.2) is 40.3 Å². The molecule has 1 heterocycles. The molecule has 19 heavy (non-hydrogen) atoms. The molecule has 0 aromatic heterocycles. The van der Waals surface area contributed by atoms with E-state index in [1.165, 1.54) is 18.2 Å². The molecule has 0 amide bonds. The molecule has 1 fully saturated rings. The molecule has 0 saturated carbocycles. The van der Waals surface area contributed by atoms with E-state index in [2.05, 4.69) is 0 Å². The van der Waals surface area contributed by atoms with E-state index in [1.54, 1.807) is 4.90 Å². The number of hydrogen-bond acceptors (Lipinski definition) is 5. The van der Waals surface area contributed by atoms with Crippen LogP contribution in [0.2, 0.25) is 0 Å². The fraction of sp³-hybridized carbons (Fsp3) is 0.417. The van der Waals surface area contributed by atoms with Gasteiger partial charge in [0.1, 0.15) is 5.69 Å². The van der Waals surface area contributed by atoms with E-state index in [1.807, 2.05) is 0 Å². The highest BCUT2D eigenvalue weighted by Crippen LogP contribution is 2.31. The average molecular weight is 266 g/mol. The van der Waals surface area contributed by atoms with Crippen LogP contribution in [0.25, 0.3) is 0 Å². The number of aliphatic hydroxyl groups excluding tert-OH is 1. The number of carboxylic acid groups (broad SMARTS) is 1. The number of piperidine rings is 1. The lowest BCUT2D eigenvalue weighted by atomic mass is 10.1. The lowest BCUT2D eigenvalue weighted by molar-refractivity contribution is -0.384. The molecule has 7 heteroatoms. The van der Waals surface area contributed by atoms with Gasteiger partial charge in [0.05, 0.1) is 16.6 Å². The van der Waals surface area contributed by atoms with Crippen molar-refractivity contribution in [2.45, 2.75) is 18.9 Å². The van der Waals surface area contributed by atoms with Gasteiger partial charge in [0.2, 0.25) is 0 Å². The Labute approximate surface area is 109 Å². The smallest absolute Gasteiger partial charge is 0.335 e. The Hall–Kier alpha value is -2.15. The van der Waals surface area contributed by atoms with E-state index < -0.39 is 17.0 Å². The zero-order chi connectivity index (χ0) is 14.0. The Bertz CT molecular complexity index is 517. The summed E-state index contributed by atoms with van der Waals surface area (Å²) < 4.78 is 0. The quantitative estimate of drug-likeness (QED) is 0.630. The number of aliphatic hydroxyl groups is 1. The molecule has 0 aliphatic carbocycles. The Morgan fingerprint density at radius 1 is 1.47 bits per heavy atom. The molecular weight excluding hydrogens is 252 g/mol. The van der Waals surface area contributed by atoms with Gasteiger partial charge < -0.3 is 15.1 Å². The van der Waals surface area contributed by atoms with Gasteiger partial charge >= 0.3 is 5.97 Å². The van der Waals surface area contributed by atoms with Gasteiger partial charge in [-0.15, -0.1) is 0 Å². The monoisotopic (exact) mass is 266 g/mol. The normalized spacial score (nSPS) is 19.2. The molecule has 2 rings (SSSR count). The van der Waals surface area contributed by atoms with Crippen LogP contribution in [-0.2, 0) is 0 Å². The topological polar surface area (TPSA) is 104 Å². The SMILES string of the molecule is O=C(O)c1ccc([N+](=O)[O-])c(N2CCCC(O)C2)c1. The number of nitro benzene ring substituents is 1. The summed E-state index contributed by atoms with van der Waals surface area (Å²) in [7, 11) is 0. The standard InChI is InChI=1S/C12H14N2O5/c15-9-2-1-5-13(7-9)11-6-8(12(16)17)3-4-10(11)14(18)19/h3-4,6,9,15H,1-2,5,7H2,(H,16,17). The van der Waals surface area contributed by atoms with E-state index in [0.29, 0.717) is 13.0 Å². The highest BCUT2D eigenvalue weighted by Gasteiger charge is 2.25. The lowest BCUT2D eigenvalue weighted by Gasteiger charge is -2.31. The van der Waals surface area contributed by atoms with Crippen molar-refractivity contribution < 1.29 is 19.9 Å². The van der Waals surface area contributed by atoms with Crippen LogP contribution in [0.3, 0.4) is 0 Å². The van der Waals surface area contributed by atoms with Crippen LogP contribution in [0.5, 0.6) is 0 Å². The van der Waals surface area contributed by atoms with E-state index in [-0.39, 0.29) is 23.5 Å². The number of hydrogen-bond donors (Lipinski definition) is 2. The van der Waals surface area contributed by atoms with Crippen molar-refractivity contribution in [3.8, 4) is 0 Å². The van der Waals surface area contributed by atoms with Gasteiger partial charge in [-0.2, -0.15) is 0 Å². The van der Waals surface area contributed by atoms with Crippen molar-refractivity contribution in [1.29, 1.82) is 0 Å². The molecule has 0 bridgehead atoms. The third-order valence-corrected chi connectivity index (χ3v) is 3.16. The minimum absolute atomic E-state index is 0.000614. The number of benzene rings is 1. The van der Waals surface area contributed by atoms with Crippen LogP contribution in [0.15, 0.2) is 18.2 Å². The third-order valence-electron chi connectivity index (χ3n) is 3.16. The number of rotatable bonds is 3. The number of anilines is 1. The molecule has 1 aromatic carbocycles. The van der Waals surface area contributed by atoms with Gasteiger partial charge in [0, 0.05) is 19.2 Å². The maximum atomic E-state index is 11.0. The molecule has 1 unspecified atom stereocenters. The van der Waals surface area contributed by atoms with Crippen molar-refractivity contribution in [2.75, 3.05) is 18.0 Å². The van der Waals surface area contributed by atoms with Gasteiger partial charge in [0.15, 0.2) is 0 Å². The number of nitro groups is 1. The second-order valence-corrected chi connectivity index (χ2v) is 4.51. The minimum Gasteiger partial charge on any atom is -0.478 e. The molecule has 1 aliphatic heterocycles. The van der Waals surface area contributed by atoms with E-state index >= 15 is 0 Å². The highest BCUT2D eigenvalue weighted by molar-refractivity contribution is 5.90. The number of nitrogens with zero attached hydrogens (tertiary/aromatic N) is 2. The number of aromatic carboxylic acids is 1. The third kappa shape index (κ3) is 2.82.